The first-order valence-electron chi connectivity index (χ1n) is 7.64. The number of piperazine rings is 1. The normalized spacial score (nSPS) is 21.0. The Labute approximate surface area is 141 Å². The van der Waals surface area contributed by atoms with Crippen LogP contribution in [0.1, 0.15) is 44.2 Å². The van der Waals surface area contributed by atoms with Crippen molar-refractivity contribution in [1.82, 2.24) is 19.8 Å². The van der Waals surface area contributed by atoms with Crippen LogP contribution in [0.3, 0.4) is 0 Å². The molecule has 118 valence electrons. The SMILES string of the molecule is CCNc1nc(C2CN(C)CCN2C)nc(C(C)C)c1I. The topological polar surface area (TPSA) is 44.3 Å². The number of aromatic nitrogens is 2. The van der Waals surface area contributed by atoms with Gasteiger partial charge in [-0.1, -0.05) is 13.8 Å². The van der Waals surface area contributed by atoms with E-state index >= 15 is 0 Å². The van der Waals surface area contributed by atoms with Crippen molar-refractivity contribution in [3.05, 3.63) is 15.1 Å². The minimum atomic E-state index is 0.274. The smallest absolute Gasteiger partial charge is 0.149 e. The van der Waals surface area contributed by atoms with E-state index in [0.717, 1.165) is 47.1 Å². The lowest BCUT2D eigenvalue weighted by molar-refractivity contribution is 0.109. The monoisotopic (exact) mass is 403 g/mol. The number of anilines is 1. The van der Waals surface area contributed by atoms with E-state index in [1.807, 2.05) is 0 Å². The molecule has 2 heterocycles. The summed E-state index contributed by atoms with van der Waals surface area (Å²) in [6, 6.07) is 0.274. The highest BCUT2D eigenvalue weighted by atomic mass is 127. The summed E-state index contributed by atoms with van der Waals surface area (Å²) in [4.78, 5) is 14.4. The van der Waals surface area contributed by atoms with Crippen LogP contribution in [-0.4, -0.2) is 60.0 Å². The Morgan fingerprint density at radius 2 is 2.00 bits per heavy atom. The maximum Gasteiger partial charge on any atom is 0.149 e. The second-order valence-corrected chi connectivity index (χ2v) is 7.15. The first-order chi connectivity index (χ1) is 9.93. The van der Waals surface area contributed by atoms with E-state index in [0.29, 0.717) is 5.92 Å². The van der Waals surface area contributed by atoms with E-state index in [1.54, 1.807) is 0 Å². The van der Waals surface area contributed by atoms with Crippen molar-refractivity contribution in [1.29, 1.82) is 0 Å². The summed E-state index contributed by atoms with van der Waals surface area (Å²) in [5.41, 5.74) is 1.15. The minimum absolute atomic E-state index is 0.274. The number of rotatable bonds is 4. The molecule has 1 atom stereocenters. The number of hydrogen-bond donors (Lipinski definition) is 1. The Bertz CT molecular complexity index is 491. The van der Waals surface area contributed by atoms with E-state index in [2.05, 4.69) is 72.6 Å². The first-order valence-corrected chi connectivity index (χ1v) is 8.71. The maximum atomic E-state index is 4.90. The zero-order valence-corrected chi connectivity index (χ0v) is 15.8. The highest BCUT2D eigenvalue weighted by Crippen LogP contribution is 2.29. The fraction of sp³-hybridized carbons (Fsp3) is 0.733. The van der Waals surface area contributed by atoms with Gasteiger partial charge >= 0.3 is 0 Å². The third-order valence-corrected chi connectivity index (χ3v) is 5.00. The quantitative estimate of drug-likeness (QED) is 0.783. The molecule has 2 rings (SSSR count). The molecule has 1 aromatic rings. The van der Waals surface area contributed by atoms with Gasteiger partial charge in [-0.05, 0) is 49.5 Å². The van der Waals surface area contributed by atoms with Crippen LogP contribution >= 0.6 is 22.6 Å². The molecular weight excluding hydrogens is 377 g/mol. The Morgan fingerprint density at radius 3 is 2.62 bits per heavy atom. The average Bonchev–Trinajstić information content (AvgIpc) is 2.43. The molecule has 0 aromatic carbocycles. The van der Waals surface area contributed by atoms with Gasteiger partial charge in [0.2, 0.25) is 0 Å². The van der Waals surface area contributed by atoms with E-state index in [9.17, 15) is 0 Å². The van der Waals surface area contributed by atoms with Gasteiger partial charge in [0.05, 0.1) is 15.3 Å². The molecule has 1 saturated heterocycles. The van der Waals surface area contributed by atoms with Gasteiger partial charge in [-0.3, -0.25) is 4.90 Å². The van der Waals surface area contributed by atoms with E-state index in [4.69, 9.17) is 9.97 Å². The third-order valence-electron chi connectivity index (χ3n) is 3.93. The molecule has 1 aromatic heterocycles. The van der Waals surface area contributed by atoms with Crippen molar-refractivity contribution in [3.8, 4) is 0 Å². The van der Waals surface area contributed by atoms with Gasteiger partial charge in [-0.2, -0.15) is 0 Å². The maximum absolute atomic E-state index is 4.90. The second-order valence-electron chi connectivity index (χ2n) is 6.07. The lowest BCUT2D eigenvalue weighted by atomic mass is 10.1. The molecule has 6 heteroatoms. The van der Waals surface area contributed by atoms with Crippen LogP contribution in [-0.2, 0) is 0 Å². The summed E-state index contributed by atoms with van der Waals surface area (Å²) in [5.74, 6) is 2.33. The van der Waals surface area contributed by atoms with Gasteiger partial charge < -0.3 is 10.2 Å². The molecule has 0 aliphatic carbocycles. The minimum Gasteiger partial charge on any atom is -0.369 e. The first kappa shape index (κ1) is 16.9. The number of hydrogen-bond acceptors (Lipinski definition) is 5. The van der Waals surface area contributed by atoms with Crippen molar-refractivity contribution < 1.29 is 0 Å². The van der Waals surface area contributed by atoms with Crippen LogP contribution in [0.15, 0.2) is 0 Å². The van der Waals surface area contributed by atoms with Crippen LogP contribution in [0.2, 0.25) is 0 Å². The average molecular weight is 403 g/mol. The molecule has 0 spiro atoms. The Morgan fingerprint density at radius 1 is 1.29 bits per heavy atom. The molecule has 21 heavy (non-hydrogen) atoms. The van der Waals surface area contributed by atoms with Crippen molar-refractivity contribution >= 4 is 28.4 Å². The molecule has 1 N–H and O–H groups in total. The molecular formula is C15H26IN5. The molecule has 0 bridgehead atoms. The van der Waals surface area contributed by atoms with Crippen LogP contribution in [0.25, 0.3) is 0 Å². The van der Waals surface area contributed by atoms with E-state index in [-0.39, 0.29) is 6.04 Å². The summed E-state index contributed by atoms with van der Waals surface area (Å²) < 4.78 is 1.15. The second kappa shape index (κ2) is 7.19. The molecule has 0 radical (unpaired) electrons. The fourth-order valence-corrected chi connectivity index (χ4v) is 3.64. The molecule has 0 saturated carbocycles. The molecule has 1 aliphatic rings. The van der Waals surface area contributed by atoms with E-state index < -0.39 is 0 Å². The Balaban J connectivity index is 2.42. The fourth-order valence-electron chi connectivity index (χ4n) is 2.59. The molecule has 1 unspecified atom stereocenters. The standard InChI is InChI=1S/C15H26IN5/c1-6-17-15-12(16)13(10(2)3)18-14(19-15)11-9-20(4)7-8-21(11)5/h10-11H,6-9H2,1-5H3,(H,17,18,19). The lowest BCUT2D eigenvalue weighted by Gasteiger charge is -2.37. The number of likely N-dealkylation sites (N-methyl/N-ethyl adjacent to an activating group) is 2. The van der Waals surface area contributed by atoms with Gasteiger partial charge in [0.1, 0.15) is 11.6 Å². The summed E-state index contributed by atoms with van der Waals surface area (Å²) in [6.07, 6.45) is 0. The van der Waals surface area contributed by atoms with Gasteiger partial charge in [-0.15, -0.1) is 0 Å². The van der Waals surface area contributed by atoms with Crippen LogP contribution < -0.4 is 5.32 Å². The van der Waals surface area contributed by atoms with Crippen molar-refractivity contribution in [3.63, 3.8) is 0 Å². The molecule has 1 aliphatic heterocycles. The number of nitrogens with one attached hydrogen (secondary N) is 1. The summed E-state index contributed by atoms with van der Waals surface area (Å²) in [6.45, 7) is 10.5. The van der Waals surface area contributed by atoms with Crippen LogP contribution in [0.4, 0.5) is 5.82 Å². The van der Waals surface area contributed by atoms with Gasteiger partial charge in [-0.25, -0.2) is 9.97 Å². The molecule has 1 fully saturated rings. The lowest BCUT2D eigenvalue weighted by Crippen LogP contribution is -2.45. The van der Waals surface area contributed by atoms with Crippen LogP contribution in [0.5, 0.6) is 0 Å². The highest BCUT2D eigenvalue weighted by molar-refractivity contribution is 14.1. The van der Waals surface area contributed by atoms with Gasteiger partial charge in [0.25, 0.3) is 0 Å². The van der Waals surface area contributed by atoms with Crippen molar-refractivity contribution in [2.24, 2.45) is 0 Å². The highest BCUT2D eigenvalue weighted by Gasteiger charge is 2.28. The largest absolute Gasteiger partial charge is 0.369 e. The van der Waals surface area contributed by atoms with Crippen molar-refractivity contribution in [2.45, 2.75) is 32.7 Å². The predicted octanol–water partition coefficient (Wildman–Crippen LogP) is 2.55. The number of halogens is 1. The molecule has 5 nitrogen and oxygen atoms in total. The van der Waals surface area contributed by atoms with Gasteiger partial charge in [0, 0.05) is 26.2 Å². The summed E-state index contributed by atoms with van der Waals surface area (Å²) >= 11 is 2.36. The predicted molar refractivity (Wildman–Crippen MR) is 95.9 cm³/mol. The van der Waals surface area contributed by atoms with Crippen molar-refractivity contribution in [2.75, 3.05) is 45.6 Å². The Hall–Kier alpha value is -0.470. The Kier molecular flexibility index (Phi) is 5.79. The summed E-state index contributed by atoms with van der Waals surface area (Å²) in [5, 5.41) is 3.39. The van der Waals surface area contributed by atoms with Gasteiger partial charge in [0.15, 0.2) is 0 Å². The van der Waals surface area contributed by atoms with Crippen LogP contribution in [0, 0.1) is 3.57 Å². The summed E-state index contributed by atoms with van der Waals surface area (Å²) in [7, 11) is 4.34. The van der Waals surface area contributed by atoms with E-state index in [1.165, 1.54) is 0 Å². The zero-order chi connectivity index (χ0) is 15.6. The third kappa shape index (κ3) is 3.84. The zero-order valence-electron chi connectivity index (χ0n) is 13.6. The molecule has 0 amide bonds. The number of nitrogens with zero attached hydrogens (tertiary/aromatic N) is 4.